The predicted octanol–water partition coefficient (Wildman–Crippen LogP) is 4.06. The van der Waals surface area contributed by atoms with Crippen LogP contribution in [0.2, 0.25) is 0 Å². The molecular formula is C19H16FN3O2S. The van der Waals surface area contributed by atoms with E-state index in [1.807, 2.05) is 30.5 Å². The average molecular weight is 369 g/mol. The molecule has 0 radical (unpaired) electrons. The molecule has 5 nitrogen and oxygen atoms in total. The highest BCUT2D eigenvalue weighted by Gasteiger charge is 2.18. The van der Waals surface area contributed by atoms with Gasteiger partial charge < -0.3 is 14.6 Å². The number of halogens is 1. The van der Waals surface area contributed by atoms with Crippen molar-refractivity contribution in [1.29, 1.82) is 0 Å². The lowest BCUT2D eigenvalue weighted by Crippen LogP contribution is -2.13. The van der Waals surface area contributed by atoms with Crippen molar-refractivity contribution in [3.05, 3.63) is 60.0 Å². The van der Waals surface area contributed by atoms with Crippen LogP contribution in [0.25, 0.3) is 11.3 Å². The Morgan fingerprint density at radius 1 is 1.31 bits per heavy atom. The second-order valence-corrected chi connectivity index (χ2v) is 6.86. The van der Waals surface area contributed by atoms with Gasteiger partial charge in [0.2, 0.25) is 0 Å². The number of thioether (sulfide) groups is 1. The molecule has 0 fully saturated rings. The molecule has 4 rings (SSSR count). The Morgan fingerprint density at radius 2 is 2.15 bits per heavy atom. The molecule has 0 bridgehead atoms. The van der Waals surface area contributed by atoms with Gasteiger partial charge in [0.25, 0.3) is 5.91 Å². The zero-order valence-corrected chi connectivity index (χ0v) is 14.8. The maximum atomic E-state index is 13.9. The fourth-order valence-corrected chi connectivity index (χ4v) is 3.80. The van der Waals surface area contributed by atoms with E-state index < -0.39 is 5.82 Å². The van der Waals surface area contributed by atoms with Gasteiger partial charge in [-0.2, -0.15) is 0 Å². The van der Waals surface area contributed by atoms with Gasteiger partial charge >= 0.3 is 0 Å². The molecule has 26 heavy (non-hydrogen) atoms. The SMILES string of the molecule is COc1ccc(C(=O)Nc2ccccc2-c2cn3c(n2)SCC3)cc1F. The lowest BCUT2D eigenvalue weighted by molar-refractivity contribution is 0.102. The van der Waals surface area contributed by atoms with Gasteiger partial charge in [-0.25, -0.2) is 9.37 Å². The van der Waals surface area contributed by atoms with Crippen LogP contribution in [0.4, 0.5) is 10.1 Å². The zero-order valence-electron chi connectivity index (χ0n) is 14.0. The number of aromatic nitrogens is 2. The number of nitrogens with one attached hydrogen (secondary N) is 1. The Morgan fingerprint density at radius 3 is 2.92 bits per heavy atom. The third kappa shape index (κ3) is 3.06. The number of hydrogen-bond acceptors (Lipinski definition) is 4. The first-order chi connectivity index (χ1) is 12.7. The number of carbonyl (C=O) groups is 1. The second-order valence-electron chi connectivity index (χ2n) is 5.80. The first-order valence-corrected chi connectivity index (χ1v) is 9.08. The van der Waals surface area contributed by atoms with Crippen LogP contribution in [0.5, 0.6) is 5.75 Å². The minimum absolute atomic E-state index is 0.104. The average Bonchev–Trinajstić information content (AvgIpc) is 3.24. The Bertz CT molecular complexity index is 965. The maximum Gasteiger partial charge on any atom is 0.255 e. The third-order valence-corrected chi connectivity index (χ3v) is 5.14. The van der Waals surface area contributed by atoms with Crippen LogP contribution in [0.1, 0.15) is 10.4 Å². The first-order valence-electron chi connectivity index (χ1n) is 8.10. The second kappa shape index (κ2) is 6.84. The number of benzene rings is 2. The minimum atomic E-state index is -0.573. The summed E-state index contributed by atoms with van der Waals surface area (Å²) in [5.41, 5.74) is 2.50. The normalized spacial score (nSPS) is 12.7. The van der Waals surface area contributed by atoms with Crippen LogP contribution in [0, 0.1) is 5.82 Å². The number of hydrogen-bond donors (Lipinski definition) is 1. The molecule has 0 atom stereocenters. The minimum Gasteiger partial charge on any atom is -0.494 e. The maximum absolute atomic E-state index is 13.9. The highest BCUT2D eigenvalue weighted by molar-refractivity contribution is 7.99. The standard InChI is InChI=1S/C19H16FN3O2S/c1-25-17-7-6-12(10-14(17)20)18(24)21-15-5-3-2-4-13(15)16-11-23-8-9-26-19(23)22-16/h2-7,10-11H,8-9H2,1H3,(H,21,24). The summed E-state index contributed by atoms with van der Waals surface area (Å²) < 4.78 is 20.9. The molecule has 132 valence electrons. The van der Waals surface area contributed by atoms with Crippen LogP contribution in [-0.4, -0.2) is 28.3 Å². The molecule has 1 aliphatic heterocycles. The molecule has 3 aromatic rings. The highest BCUT2D eigenvalue weighted by Crippen LogP contribution is 2.32. The summed E-state index contributed by atoms with van der Waals surface area (Å²) in [6.07, 6.45) is 1.99. The summed E-state index contributed by atoms with van der Waals surface area (Å²) >= 11 is 1.72. The monoisotopic (exact) mass is 369 g/mol. The van der Waals surface area contributed by atoms with Crippen molar-refractivity contribution < 1.29 is 13.9 Å². The fraction of sp³-hybridized carbons (Fsp3) is 0.158. The van der Waals surface area contributed by atoms with E-state index in [2.05, 4.69) is 14.9 Å². The molecule has 0 aliphatic carbocycles. The van der Waals surface area contributed by atoms with Crippen molar-refractivity contribution in [2.75, 3.05) is 18.2 Å². The van der Waals surface area contributed by atoms with Crippen LogP contribution < -0.4 is 10.1 Å². The van der Waals surface area contributed by atoms with Gasteiger partial charge in [0.1, 0.15) is 0 Å². The zero-order chi connectivity index (χ0) is 18.1. The van der Waals surface area contributed by atoms with Gasteiger partial charge in [0, 0.05) is 29.6 Å². The molecule has 0 saturated carbocycles. The summed E-state index contributed by atoms with van der Waals surface area (Å²) in [6, 6.07) is 11.6. The number of aryl methyl sites for hydroxylation is 1. The Hall–Kier alpha value is -2.80. The van der Waals surface area contributed by atoms with E-state index >= 15 is 0 Å². The van der Waals surface area contributed by atoms with Crippen molar-refractivity contribution in [2.24, 2.45) is 0 Å². The quantitative estimate of drug-likeness (QED) is 0.754. The number of rotatable bonds is 4. The summed E-state index contributed by atoms with van der Waals surface area (Å²) in [7, 11) is 1.38. The van der Waals surface area contributed by atoms with Crippen molar-refractivity contribution in [2.45, 2.75) is 11.7 Å². The lowest BCUT2D eigenvalue weighted by atomic mass is 10.1. The number of ether oxygens (including phenoxy) is 1. The summed E-state index contributed by atoms with van der Waals surface area (Å²) in [5, 5.41) is 3.84. The predicted molar refractivity (Wildman–Crippen MR) is 99.3 cm³/mol. The van der Waals surface area contributed by atoms with Crippen LogP contribution in [0.15, 0.2) is 53.8 Å². The number of amides is 1. The highest BCUT2D eigenvalue weighted by atomic mass is 32.2. The molecular weight excluding hydrogens is 353 g/mol. The molecule has 1 amide bonds. The van der Waals surface area contributed by atoms with Crippen LogP contribution >= 0.6 is 11.8 Å². The molecule has 0 spiro atoms. The molecule has 0 unspecified atom stereocenters. The number of methoxy groups -OCH3 is 1. The molecule has 0 saturated heterocycles. The van der Waals surface area contributed by atoms with Crippen molar-refractivity contribution in [3.63, 3.8) is 0 Å². The van der Waals surface area contributed by atoms with Crippen molar-refractivity contribution >= 4 is 23.4 Å². The Balaban J connectivity index is 1.62. The van der Waals surface area contributed by atoms with Crippen molar-refractivity contribution in [3.8, 4) is 17.0 Å². The number of nitrogens with zero attached hydrogens (tertiary/aromatic N) is 2. The number of imidazole rings is 1. The first kappa shape index (κ1) is 16.7. The van der Waals surface area contributed by atoms with E-state index in [0.29, 0.717) is 5.69 Å². The van der Waals surface area contributed by atoms with Gasteiger partial charge in [0.05, 0.1) is 18.5 Å². The molecule has 2 aromatic carbocycles. The van der Waals surface area contributed by atoms with E-state index in [4.69, 9.17) is 4.74 Å². The molecule has 2 heterocycles. The molecule has 1 aliphatic rings. The number of anilines is 1. The van der Waals surface area contributed by atoms with Gasteiger partial charge in [-0.15, -0.1) is 0 Å². The summed E-state index contributed by atoms with van der Waals surface area (Å²) in [5.74, 6) is 0.174. The van der Waals surface area contributed by atoms with Gasteiger partial charge in [0.15, 0.2) is 16.7 Å². The molecule has 1 N–H and O–H groups in total. The number of carbonyl (C=O) groups excluding carboxylic acids is 1. The summed E-state index contributed by atoms with van der Waals surface area (Å²) in [6.45, 7) is 0.937. The third-order valence-electron chi connectivity index (χ3n) is 4.17. The number of para-hydroxylation sites is 1. The van der Waals surface area contributed by atoms with Crippen molar-refractivity contribution in [1.82, 2.24) is 9.55 Å². The number of fused-ring (bicyclic) bond motifs is 1. The van der Waals surface area contributed by atoms with Crippen LogP contribution in [0.3, 0.4) is 0 Å². The van der Waals surface area contributed by atoms with Crippen LogP contribution in [-0.2, 0) is 6.54 Å². The smallest absolute Gasteiger partial charge is 0.255 e. The lowest BCUT2D eigenvalue weighted by Gasteiger charge is -2.10. The largest absolute Gasteiger partial charge is 0.494 e. The van der Waals surface area contributed by atoms with E-state index in [1.165, 1.54) is 25.3 Å². The summed E-state index contributed by atoms with van der Waals surface area (Å²) in [4.78, 5) is 17.2. The Labute approximate surface area is 154 Å². The molecule has 7 heteroatoms. The van der Waals surface area contributed by atoms with E-state index in [-0.39, 0.29) is 17.2 Å². The van der Waals surface area contributed by atoms with Gasteiger partial charge in [-0.1, -0.05) is 30.0 Å². The van der Waals surface area contributed by atoms with E-state index in [0.717, 1.165) is 28.7 Å². The van der Waals surface area contributed by atoms with E-state index in [1.54, 1.807) is 11.8 Å². The topological polar surface area (TPSA) is 56.1 Å². The van der Waals surface area contributed by atoms with Gasteiger partial charge in [-0.05, 0) is 24.3 Å². The van der Waals surface area contributed by atoms with E-state index in [9.17, 15) is 9.18 Å². The van der Waals surface area contributed by atoms with Gasteiger partial charge in [-0.3, -0.25) is 4.79 Å². The molecule has 1 aromatic heterocycles. The Kier molecular flexibility index (Phi) is 4.38. The fourth-order valence-electron chi connectivity index (χ4n) is 2.86.